The van der Waals surface area contributed by atoms with Crippen LogP contribution >= 0.6 is 15.9 Å². The molecule has 32 nitrogen and oxygen atoms in total. The molecule has 0 aromatic rings. The first-order valence-corrected chi connectivity index (χ1v) is 35.2. The number of hydrogen-bond acceptors (Lipinski definition) is 25. The summed E-state index contributed by atoms with van der Waals surface area (Å²) < 4.78 is 55.6. The number of aliphatic hydroxyl groups is 1. The van der Waals surface area contributed by atoms with Crippen molar-refractivity contribution < 1.29 is 237 Å². The van der Waals surface area contributed by atoms with Crippen molar-refractivity contribution in [3.8, 4) is 12.8 Å². The van der Waals surface area contributed by atoms with E-state index in [9.17, 15) is 43.2 Å². The smallest absolute Gasteiger partial charge is 1.00 e. The van der Waals surface area contributed by atoms with Crippen molar-refractivity contribution in [1.82, 2.24) is 5.06 Å². The number of terminal acetylenes is 1. The van der Waals surface area contributed by atoms with Crippen LogP contribution in [0.2, 0.25) is 0 Å². The molecule has 636 valence electrons. The second-order valence-corrected chi connectivity index (χ2v) is 23.8. The number of hydrogen-bond donors (Lipinski definition) is 6. The number of carboxylic acid groups (broad SMARTS) is 2. The van der Waals surface area contributed by atoms with Gasteiger partial charge in [0.15, 0.2) is 17.4 Å². The molecule has 12 N–H and O–H groups in total. The van der Waals surface area contributed by atoms with E-state index in [4.69, 9.17) is 79.1 Å². The average molecular weight is 1770 g/mol. The summed E-state index contributed by atoms with van der Waals surface area (Å²) in [6.07, 6.45) is 26.8. The topological polar surface area (TPSA) is 496 Å². The van der Waals surface area contributed by atoms with Crippen LogP contribution in [0.15, 0.2) is 49.1 Å². The number of alkyl halides is 1. The van der Waals surface area contributed by atoms with Crippen LogP contribution in [-0.4, -0.2) is 254 Å². The number of hydroxylamine groups is 2. The van der Waals surface area contributed by atoms with Gasteiger partial charge >= 0.3 is 114 Å². The Morgan fingerprint density at radius 3 is 1.31 bits per heavy atom. The monoisotopic (exact) mass is 1770 g/mol. The number of ketones is 1. The van der Waals surface area contributed by atoms with E-state index in [1.807, 2.05) is 60.1 Å². The number of aliphatic hydroxyl groups excluding tert-OH is 1. The molecule has 110 heavy (non-hydrogen) atoms. The molecule has 6 aliphatic heterocycles. The second-order valence-electron chi connectivity index (χ2n) is 23.3. The van der Waals surface area contributed by atoms with E-state index >= 15 is 0 Å². The van der Waals surface area contributed by atoms with Gasteiger partial charge in [0, 0.05) is 44.3 Å². The minimum absolute atomic E-state index is 0. The zero-order valence-corrected chi connectivity index (χ0v) is 74.4. The number of carbonyl (C=O) groups excluding carboxylic acids is 7. The maximum Gasteiger partial charge on any atom is 1.00 e. The first-order chi connectivity index (χ1) is 48.4. The normalized spacial score (nSPS) is 21.4. The largest absolute Gasteiger partial charge is 1.00 e. The Balaban J connectivity index is -0.0000000708. The molecule has 6 rings (SSSR count). The Morgan fingerprint density at radius 1 is 0.664 bits per heavy atom. The zero-order valence-electron chi connectivity index (χ0n) is 68.2. The first-order valence-electron chi connectivity index (χ1n) is 34.0. The van der Waals surface area contributed by atoms with Crippen molar-refractivity contribution in [1.29, 1.82) is 0 Å². The number of rotatable bonds is 21. The number of halogens is 1. The van der Waals surface area contributed by atoms with Gasteiger partial charge in [-0.05, 0) is 167 Å². The van der Waals surface area contributed by atoms with Crippen molar-refractivity contribution in [2.75, 3.05) is 92.2 Å². The minimum Gasteiger partial charge on any atom is -1.00 e. The molecule has 38 heteroatoms. The first kappa shape index (κ1) is 140. The Hall–Kier alpha value is -2.22. The summed E-state index contributed by atoms with van der Waals surface area (Å²) in [5, 5.41) is 40.5. The quantitative estimate of drug-likeness (QED) is 0.00687. The molecule has 0 bridgehead atoms. The molecule has 0 spiro atoms. The molecule has 0 aromatic carbocycles. The van der Waals surface area contributed by atoms with E-state index < -0.39 is 23.7 Å². The summed E-state index contributed by atoms with van der Waals surface area (Å²) in [6, 6.07) is 0. The molecule has 0 aliphatic carbocycles. The number of nitrogens with one attached hydrogen (secondary N) is 1. The summed E-state index contributed by atoms with van der Waals surface area (Å²) >= 11 is 3.08. The van der Waals surface area contributed by atoms with Crippen LogP contribution in [0.1, 0.15) is 175 Å². The Labute approximate surface area is 746 Å². The van der Waals surface area contributed by atoms with Crippen molar-refractivity contribution in [2.45, 2.75) is 223 Å². The van der Waals surface area contributed by atoms with Crippen molar-refractivity contribution in [3.05, 3.63) is 60.6 Å². The van der Waals surface area contributed by atoms with Gasteiger partial charge in [-0.1, -0.05) is 48.2 Å². The van der Waals surface area contributed by atoms with Gasteiger partial charge in [0.2, 0.25) is 0 Å². The van der Waals surface area contributed by atoms with E-state index in [1.54, 1.807) is 53.8 Å². The standard InChI is InChI=1S/C10H16O4.C9H17NO3.C9H16O3.C9H14O3.2C7H12O3.C7H12O2.C6H9BrO2.C5H10O.C2H2.CH4.Al.Li.H3N2O.H2NO.2Na.2H2O.Pd.4H/c1-4-6-8(3)14-7-9(11)10(12)13-5-2;1-7-4-5-8(6-13-7)9(11)10(2)12-3;2*1-3-11-9(10)8-5-4-7(2)12-6-8;2*1-5-2-3-6(4-10-5)7(8)9;1-6-2-3-7(4-8)5-9-6;1-3-9-6(8)5(2)4-7;1-3-4-5(2)6;1-2;;;;1-2-3;1-2;;;;;;;;;/h4,8H,1,5-7H2,2-3H3;7-8H,4-6H2,1-3H3;7-8H,3-6H2,1-2H3;5,7H,3-4,6H2,1-2H3;2*5-6H,2-4H2,1H3,(H,8,9);4,6-7H,2-3,5H2,1H3;2-4H2,1H3;3,5-6H,1,4H2,2H3;1-2H;1H4;;;3H,1H2;1-2H;;;2*1H2;;;;;/q;;;;;;;;;;;;+1;2*-1;2*+1;;;;;;;-1/t;7-,8-;;;5-,6-;;6-,7+;;;;;;;;;;;;;;;;;/m.1..1.1................./s1. The third-order valence-electron chi connectivity index (χ3n) is 14.5. The maximum atomic E-state index is 11.6. The van der Waals surface area contributed by atoms with E-state index in [1.165, 1.54) is 12.2 Å². The Kier molecular flexibility index (Phi) is 121. The number of amides is 1. The van der Waals surface area contributed by atoms with Gasteiger partial charge in [0.25, 0.3) is 11.7 Å². The van der Waals surface area contributed by atoms with Crippen molar-refractivity contribution in [2.24, 2.45) is 35.4 Å². The van der Waals surface area contributed by atoms with Crippen LogP contribution in [0.3, 0.4) is 0 Å². The number of esters is 4. The Morgan fingerprint density at radius 2 is 1.03 bits per heavy atom. The van der Waals surface area contributed by atoms with Gasteiger partial charge in [0.1, 0.15) is 12.9 Å². The number of nitrogens with two attached hydrogens (primary N) is 1. The summed E-state index contributed by atoms with van der Waals surface area (Å²) in [5.74, 6) is 4.74. The number of nitrogens with zero attached hydrogens (tertiary/aromatic N) is 2. The second kappa shape index (κ2) is 95.6. The molecule has 6 heterocycles. The van der Waals surface area contributed by atoms with Crippen molar-refractivity contribution >= 4 is 87.1 Å². The van der Waals surface area contributed by atoms with Gasteiger partial charge in [-0.15, -0.1) is 26.0 Å². The molecular formula is C72H137AlBrLiN4Na2O28Pd. The number of aldehydes is 1. The van der Waals surface area contributed by atoms with Crippen LogP contribution in [0.25, 0.3) is 11.5 Å². The van der Waals surface area contributed by atoms with Gasteiger partial charge in [-0.3, -0.25) is 28.8 Å². The molecular weight excluding hydrogens is 1640 g/mol. The number of Topliss-reactive ketones (excluding diaryl/α,β-unsaturated/α-hetero) is 1. The SMILES string of the molecule is C.C#C.C=C(CBr)C(=O)OCC.C=CCC(C)O.C=CCC(C)OCC(=O)C(=O)OCC.CC1CCC(C(=O)O)CO1.CCOC(=O)C1=CCC(C)OC1.CCOC(=O)C1CCC(C)OC1.CON(C)C(=O)[C@@H]1CC[C@@H](C)OC1.C[C@@H]1CC[C@@H](C(=O)O)CO1.C[C@@H]1CC[C@@H](C=O)CO1.N[N-]O.O.O.[AlH3].[H-].[Li+].[NH-]O.[Na+].[Na+].[Pd]. The summed E-state index contributed by atoms with van der Waals surface area (Å²) in [7, 11) is 3.12. The van der Waals surface area contributed by atoms with Gasteiger partial charge in [-0.25, -0.2) is 19.4 Å². The number of ether oxygens (including phenoxy) is 11. The van der Waals surface area contributed by atoms with Crippen molar-refractivity contribution in [3.63, 3.8) is 0 Å². The van der Waals surface area contributed by atoms with Gasteiger partial charge in [0.05, 0.1) is 151 Å². The fourth-order valence-electron chi connectivity index (χ4n) is 8.27. The van der Waals surface area contributed by atoms with Crippen LogP contribution in [0, 0.1) is 42.4 Å². The molecule has 13 atom stereocenters. The van der Waals surface area contributed by atoms with Gasteiger partial charge < -0.3 is 112 Å². The molecule has 0 radical (unpaired) electrons. The third-order valence-corrected chi connectivity index (χ3v) is 15.2. The van der Waals surface area contributed by atoms with Crippen LogP contribution < -0.4 is 83.8 Å². The summed E-state index contributed by atoms with van der Waals surface area (Å²) in [5.41, 5.74) is 3.10. The predicted molar refractivity (Wildman–Crippen MR) is 411 cm³/mol. The number of carbonyl (C=O) groups is 9. The summed E-state index contributed by atoms with van der Waals surface area (Å²) in [6.45, 7) is 37.1. The number of aliphatic carboxylic acids is 2. The molecule has 0 aromatic heterocycles. The van der Waals surface area contributed by atoms with E-state index in [2.05, 4.69) is 63.8 Å². The van der Waals surface area contributed by atoms with Crippen LogP contribution in [0.4, 0.5) is 0 Å². The average Bonchev–Trinajstić information content (AvgIpc) is 1.54. The minimum atomic E-state index is -0.835. The fourth-order valence-corrected chi connectivity index (χ4v) is 8.50. The molecule has 5 fully saturated rings. The van der Waals surface area contributed by atoms with E-state index in [-0.39, 0.29) is 239 Å². The Bertz CT molecular complexity index is 2280. The molecule has 5 saturated heterocycles. The summed E-state index contributed by atoms with van der Waals surface area (Å²) in [4.78, 5) is 102. The van der Waals surface area contributed by atoms with E-state index in [0.29, 0.717) is 101 Å². The molecule has 6 aliphatic rings. The molecule has 7 unspecified atom stereocenters. The molecule has 0 saturated carbocycles. The zero-order chi connectivity index (χ0) is 79.6. The predicted octanol–water partition coefficient (Wildman–Crippen LogP) is -0.988. The number of carboxylic acids is 2. The van der Waals surface area contributed by atoms with E-state index in [0.717, 1.165) is 76.9 Å². The van der Waals surface area contributed by atoms with Crippen LogP contribution in [-0.2, 0) is 121 Å². The third kappa shape index (κ3) is 82.3. The maximum absolute atomic E-state index is 11.6. The molecule has 1 amide bonds. The van der Waals surface area contributed by atoms with Gasteiger partial charge in [-0.2, -0.15) is 0 Å². The van der Waals surface area contributed by atoms with Crippen LogP contribution in [0.5, 0.6) is 0 Å². The fraction of sp³-hybridized carbons (Fsp3) is 0.736.